The van der Waals surface area contributed by atoms with Gasteiger partial charge in [0.15, 0.2) is 11.5 Å². The molecule has 0 atom stereocenters. The van der Waals surface area contributed by atoms with Gasteiger partial charge in [0.05, 0.1) is 23.3 Å². The van der Waals surface area contributed by atoms with Gasteiger partial charge in [-0.1, -0.05) is 19.1 Å². The van der Waals surface area contributed by atoms with Crippen LogP contribution in [0.4, 0.5) is 0 Å². The van der Waals surface area contributed by atoms with E-state index in [1.807, 2.05) is 31.2 Å². The van der Waals surface area contributed by atoms with Crippen LogP contribution in [0.25, 0.3) is 0 Å². The van der Waals surface area contributed by atoms with Crippen molar-refractivity contribution in [3.8, 4) is 5.75 Å². The van der Waals surface area contributed by atoms with Crippen molar-refractivity contribution in [1.82, 2.24) is 5.43 Å². The second-order valence-corrected chi connectivity index (χ2v) is 4.20. The van der Waals surface area contributed by atoms with E-state index >= 15 is 0 Å². The van der Waals surface area contributed by atoms with Gasteiger partial charge < -0.3 is 4.74 Å². The van der Waals surface area contributed by atoms with Crippen LogP contribution >= 0.6 is 0 Å². The number of aliphatic imine (C=N–C) groups is 1. The Morgan fingerprint density at radius 3 is 2.81 bits per heavy atom. The molecule has 1 heterocycles. The van der Waals surface area contributed by atoms with Gasteiger partial charge in [0.2, 0.25) is 0 Å². The van der Waals surface area contributed by atoms with Crippen LogP contribution in [0.3, 0.4) is 0 Å². The average Bonchev–Trinajstić information content (AvgIpc) is 2.49. The summed E-state index contributed by atoms with van der Waals surface area (Å²) in [5.74, 6) is 1.09. The smallest absolute Gasteiger partial charge is 0.273 e. The first-order valence-electron chi connectivity index (χ1n) is 6.64. The highest BCUT2D eigenvalue weighted by Crippen LogP contribution is 2.21. The molecule has 0 saturated heterocycles. The van der Waals surface area contributed by atoms with E-state index in [0.717, 1.165) is 0 Å². The Morgan fingerprint density at radius 1 is 1.38 bits per heavy atom. The monoisotopic (exact) mass is 288 g/mol. The number of para-hydroxylation sites is 1. The van der Waals surface area contributed by atoms with Gasteiger partial charge in [-0.05, 0) is 19.1 Å². The van der Waals surface area contributed by atoms with Gasteiger partial charge in [-0.2, -0.15) is 5.10 Å². The molecular formula is C14H16N4O3. The fraction of sp³-hybridized carbons (Fsp3) is 0.286. The van der Waals surface area contributed by atoms with Crippen LogP contribution in [0, 0.1) is 10.1 Å². The van der Waals surface area contributed by atoms with Crippen molar-refractivity contribution in [3.63, 3.8) is 0 Å². The third-order valence-electron chi connectivity index (χ3n) is 2.88. The zero-order chi connectivity index (χ0) is 15.2. The summed E-state index contributed by atoms with van der Waals surface area (Å²) in [7, 11) is 0. The molecule has 1 aliphatic heterocycles. The van der Waals surface area contributed by atoms with Crippen LogP contribution < -0.4 is 10.2 Å². The summed E-state index contributed by atoms with van der Waals surface area (Å²) in [5, 5.41) is 15.0. The Balaban J connectivity index is 2.46. The Labute approximate surface area is 122 Å². The number of nitrogens with one attached hydrogen (secondary N) is 1. The van der Waals surface area contributed by atoms with Crippen molar-refractivity contribution in [2.24, 2.45) is 10.1 Å². The van der Waals surface area contributed by atoms with E-state index in [1.165, 1.54) is 6.21 Å². The summed E-state index contributed by atoms with van der Waals surface area (Å²) in [6, 6.07) is 7.34. The van der Waals surface area contributed by atoms with E-state index in [1.54, 1.807) is 6.92 Å². The molecule has 21 heavy (non-hydrogen) atoms. The first kappa shape index (κ1) is 14.7. The third kappa shape index (κ3) is 3.25. The summed E-state index contributed by atoms with van der Waals surface area (Å²) in [6.45, 7) is 4.12. The molecule has 2 rings (SSSR count). The molecule has 0 radical (unpaired) electrons. The Bertz CT molecular complexity index is 635. The molecule has 0 fully saturated rings. The zero-order valence-electron chi connectivity index (χ0n) is 11.9. The van der Waals surface area contributed by atoms with E-state index in [2.05, 4.69) is 15.5 Å². The van der Waals surface area contributed by atoms with E-state index in [-0.39, 0.29) is 17.8 Å². The van der Waals surface area contributed by atoms with Crippen molar-refractivity contribution in [3.05, 3.63) is 51.3 Å². The molecule has 1 aromatic rings. The molecule has 0 aromatic heterocycles. The number of allylic oxidation sites excluding steroid dienone is 2. The molecule has 0 unspecified atom stereocenters. The Hall–Kier alpha value is -2.70. The molecule has 1 aromatic carbocycles. The minimum Gasteiger partial charge on any atom is -0.493 e. The van der Waals surface area contributed by atoms with Crippen molar-refractivity contribution in [2.75, 3.05) is 6.61 Å². The summed E-state index contributed by atoms with van der Waals surface area (Å²) in [6.07, 6.45) is 1.63. The highest BCUT2D eigenvalue weighted by molar-refractivity contribution is 6.05. The molecule has 0 aliphatic carbocycles. The van der Waals surface area contributed by atoms with Gasteiger partial charge >= 0.3 is 0 Å². The third-order valence-corrected chi connectivity index (χ3v) is 2.88. The molecule has 7 heteroatoms. The number of hydrazone groups is 1. The van der Waals surface area contributed by atoms with Crippen LogP contribution in [-0.2, 0) is 0 Å². The highest BCUT2D eigenvalue weighted by atomic mass is 16.6. The van der Waals surface area contributed by atoms with Crippen LogP contribution in [0.5, 0.6) is 5.75 Å². The number of ether oxygens (including phenoxy) is 1. The number of nitro groups is 1. The summed E-state index contributed by atoms with van der Waals surface area (Å²) in [4.78, 5) is 14.9. The number of benzene rings is 1. The first-order chi connectivity index (χ1) is 10.2. The first-order valence-corrected chi connectivity index (χ1v) is 6.64. The maximum absolute atomic E-state index is 11.0. The summed E-state index contributed by atoms with van der Waals surface area (Å²) >= 11 is 0. The Kier molecular flexibility index (Phi) is 4.65. The van der Waals surface area contributed by atoms with E-state index < -0.39 is 4.92 Å². The van der Waals surface area contributed by atoms with E-state index in [0.29, 0.717) is 23.8 Å². The minimum absolute atomic E-state index is 0.0339. The predicted octanol–water partition coefficient (Wildman–Crippen LogP) is 2.32. The lowest BCUT2D eigenvalue weighted by Crippen LogP contribution is -2.24. The molecular weight excluding hydrogens is 272 g/mol. The van der Waals surface area contributed by atoms with Gasteiger partial charge in [-0.25, -0.2) is 4.99 Å². The molecule has 0 amide bonds. The van der Waals surface area contributed by atoms with Crippen molar-refractivity contribution >= 4 is 12.1 Å². The number of nitrogens with zero attached hydrogens (tertiary/aromatic N) is 3. The lowest BCUT2D eigenvalue weighted by Gasteiger charge is -2.14. The molecule has 0 bridgehead atoms. The number of amidine groups is 1. The largest absolute Gasteiger partial charge is 0.493 e. The van der Waals surface area contributed by atoms with Crippen LogP contribution in [0.1, 0.15) is 25.8 Å². The normalized spacial score (nSPS) is 16.0. The Morgan fingerprint density at radius 2 is 2.14 bits per heavy atom. The van der Waals surface area contributed by atoms with Gasteiger partial charge in [0, 0.05) is 6.42 Å². The van der Waals surface area contributed by atoms with Crippen molar-refractivity contribution < 1.29 is 9.66 Å². The standard InChI is InChI=1S/C14H16N4O3/c1-3-12(18(19)20)11-9-15-17-14(16-11)10-7-5-6-8-13(10)21-4-2/h5-9H,3-4H2,1-2H3,(H,16,17)/b12-11-. The van der Waals surface area contributed by atoms with Gasteiger partial charge in [-0.15, -0.1) is 0 Å². The molecule has 1 aliphatic rings. The molecule has 110 valence electrons. The molecule has 0 spiro atoms. The topological polar surface area (TPSA) is 89.1 Å². The maximum atomic E-state index is 11.0. The summed E-state index contributed by atoms with van der Waals surface area (Å²) < 4.78 is 5.54. The van der Waals surface area contributed by atoms with Crippen molar-refractivity contribution in [2.45, 2.75) is 20.3 Å². The number of hydrogen-bond donors (Lipinski definition) is 1. The van der Waals surface area contributed by atoms with E-state index in [4.69, 9.17) is 4.74 Å². The van der Waals surface area contributed by atoms with Gasteiger partial charge in [-0.3, -0.25) is 15.5 Å². The van der Waals surface area contributed by atoms with Crippen molar-refractivity contribution in [1.29, 1.82) is 0 Å². The highest BCUT2D eigenvalue weighted by Gasteiger charge is 2.19. The maximum Gasteiger partial charge on any atom is 0.273 e. The van der Waals surface area contributed by atoms with Crippen LogP contribution in [0.15, 0.2) is 45.8 Å². The SMILES string of the molecule is CCOc1ccccc1C1=N/C(=C(/CC)[N+](=O)[O-])C=NN1. The minimum atomic E-state index is -0.428. The van der Waals surface area contributed by atoms with Crippen LogP contribution in [-0.4, -0.2) is 23.6 Å². The second-order valence-electron chi connectivity index (χ2n) is 4.20. The fourth-order valence-electron chi connectivity index (χ4n) is 1.94. The van der Waals surface area contributed by atoms with E-state index in [9.17, 15) is 10.1 Å². The average molecular weight is 288 g/mol. The lowest BCUT2D eigenvalue weighted by molar-refractivity contribution is -0.428. The van der Waals surface area contributed by atoms with Crippen LogP contribution in [0.2, 0.25) is 0 Å². The fourth-order valence-corrected chi connectivity index (χ4v) is 1.94. The zero-order valence-corrected chi connectivity index (χ0v) is 11.9. The van der Waals surface area contributed by atoms with Gasteiger partial charge in [0.25, 0.3) is 5.70 Å². The number of hydrogen-bond acceptors (Lipinski definition) is 6. The molecule has 7 nitrogen and oxygen atoms in total. The predicted molar refractivity (Wildman–Crippen MR) is 80.1 cm³/mol. The molecule has 0 saturated carbocycles. The number of rotatable bonds is 5. The second kappa shape index (κ2) is 6.65. The summed E-state index contributed by atoms with van der Waals surface area (Å²) in [5.41, 5.74) is 3.77. The molecule has 1 N–H and O–H groups in total. The lowest BCUT2D eigenvalue weighted by atomic mass is 10.1. The van der Waals surface area contributed by atoms with Gasteiger partial charge in [0.1, 0.15) is 5.75 Å². The quantitative estimate of drug-likeness (QED) is 0.665.